The van der Waals surface area contributed by atoms with Gasteiger partial charge in [-0.1, -0.05) is 30.3 Å². The van der Waals surface area contributed by atoms with Crippen molar-refractivity contribution >= 4 is 29.0 Å². The Bertz CT molecular complexity index is 1090. The minimum absolute atomic E-state index is 0.0910. The molecule has 3 amide bonds. The minimum atomic E-state index is -0.531. The number of carbonyl (C=O) groups is 2. The molecular weight excluding hydrogens is 368 g/mol. The largest absolute Gasteiger partial charge is 0.325 e. The lowest BCUT2D eigenvalue weighted by molar-refractivity contribution is -0.116. The molecule has 0 fully saturated rings. The SMILES string of the molecule is Cc1cccc(NC(=O)Nc2ccc(C)n(CC(=O)Nc3ccccc3)c2=O)c1. The number of urea groups is 1. The smallest absolute Gasteiger partial charge is 0.323 e. The predicted molar refractivity (Wildman–Crippen MR) is 114 cm³/mol. The second kappa shape index (κ2) is 8.88. The quantitative estimate of drug-likeness (QED) is 0.619. The lowest BCUT2D eigenvalue weighted by Crippen LogP contribution is -2.32. The van der Waals surface area contributed by atoms with Crippen molar-refractivity contribution in [1.82, 2.24) is 4.57 Å². The van der Waals surface area contributed by atoms with E-state index in [1.54, 1.807) is 31.2 Å². The zero-order chi connectivity index (χ0) is 20.8. The Balaban J connectivity index is 1.72. The summed E-state index contributed by atoms with van der Waals surface area (Å²) in [6, 6.07) is 19.0. The average molecular weight is 390 g/mol. The second-order valence-corrected chi connectivity index (χ2v) is 6.64. The fraction of sp³-hybridized carbons (Fsp3) is 0.136. The van der Waals surface area contributed by atoms with Crippen LogP contribution in [0.25, 0.3) is 0 Å². The van der Waals surface area contributed by atoms with Crippen molar-refractivity contribution in [3.05, 3.63) is 88.3 Å². The molecule has 0 unspecified atom stereocenters. The number of amides is 3. The van der Waals surface area contributed by atoms with E-state index < -0.39 is 11.6 Å². The molecule has 0 saturated heterocycles. The Hall–Kier alpha value is -3.87. The molecule has 1 heterocycles. The van der Waals surface area contributed by atoms with Crippen LogP contribution in [0.3, 0.4) is 0 Å². The zero-order valence-corrected chi connectivity index (χ0v) is 16.2. The van der Waals surface area contributed by atoms with Crippen LogP contribution < -0.4 is 21.5 Å². The van der Waals surface area contributed by atoms with Crippen LogP contribution in [0.5, 0.6) is 0 Å². The number of rotatable bonds is 5. The maximum atomic E-state index is 12.8. The van der Waals surface area contributed by atoms with E-state index >= 15 is 0 Å². The van der Waals surface area contributed by atoms with Gasteiger partial charge in [0.1, 0.15) is 12.2 Å². The third kappa shape index (κ3) is 5.32. The maximum Gasteiger partial charge on any atom is 0.323 e. The van der Waals surface area contributed by atoms with Gasteiger partial charge < -0.3 is 20.5 Å². The summed E-state index contributed by atoms with van der Waals surface area (Å²) < 4.78 is 1.32. The van der Waals surface area contributed by atoms with Crippen LogP contribution in [-0.4, -0.2) is 16.5 Å². The highest BCUT2D eigenvalue weighted by atomic mass is 16.2. The molecule has 0 aliphatic carbocycles. The van der Waals surface area contributed by atoms with Gasteiger partial charge in [0.25, 0.3) is 5.56 Å². The van der Waals surface area contributed by atoms with Crippen LogP contribution in [0.1, 0.15) is 11.3 Å². The Morgan fingerprint density at radius 1 is 0.828 bits per heavy atom. The lowest BCUT2D eigenvalue weighted by atomic mass is 10.2. The summed E-state index contributed by atoms with van der Waals surface area (Å²) in [6.45, 7) is 3.49. The van der Waals surface area contributed by atoms with Gasteiger partial charge in [0.15, 0.2) is 0 Å². The molecule has 0 bridgehead atoms. The van der Waals surface area contributed by atoms with Crippen molar-refractivity contribution in [2.24, 2.45) is 0 Å². The van der Waals surface area contributed by atoms with Gasteiger partial charge in [0.2, 0.25) is 5.91 Å². The molecule has 3 N–H and O–H groups in total. The standard InChI is InChI=1S/C22H22N4O3/c1-15-7-6-10-18(13-15)24-22(29)25-19-12-11-16(2)26(21(19)28)14-20(27)23-17-8-4-3-5-9-17/h3-13H,14H2,1-2H3,(H,23,27)(H2,24,25,29). The van der Waals surface area contributed by atoms with E-state index in [0.29, 0.717) is 17.1 Å². The first-order valence-corrected chi connectivity index (χ1v) is 9.12. The summed E-state index contributed by atoms with van der Waals surface area (Å²) in [6.07, 6.45) is 0. The monoisotopic (exact) mass is 390 g/mol. The first-order valence-electron chi connectivity index (χ1n) is 9.12. The summed E-state index contributed by atoms with van der Waals surface area (Å²) in [4.78, 5) is 37.3. The minimum Gasteiger partial charge on any atom is -0.325 e. The van der Waals surface area contributed by atoms with Crippen molar-refractivity contribution in [3.63, 3.8) is 0 Å². The highest BCUT2D eigenvalue weighted by Gasteiger charge is 2.13. The molecule has 2 aromatic carbocycles. The molecule has 7 heteroatoms. The van der Waals surface area contributed by atoms with Crippen molar-refractivity contribution in [2.45, 2.75) is 20.4 Å². The van der Waals surface area contributed by atoms with E-state index in [9.17, 15) is 14.4 Å². The van der Waals surface area contributed by atoms with Crippen molar-refractivity contribution in [1.29, 1.82) is 0 Å². The first kappa shape index (κ1) is 19.9. The van der Waals surface area contributed by atoms with Gasteiger partial charge in [-0.3, -0.25) is 9.59 Å². The van der Waals surface area contributed by atoms with E-state index in [-0.39, 0.29) is 18.1 Å². The number of nitrogens with zero attached hydrogens (tertiary/aromatic N) is 1. The van der Waals surface area contributed by atoms with E-state index in [4.69, 9.17) is 0 Å². The molecule has 0 radical (unpaired) electrons. The number of para-hydroxylation sites is 1. The van der Waals surface area contributed by atoms with Crippen LogP contribution in [0.15, 0.2) is 71.5 Å². The molecule has 1 aromatic heterocycles. The molecular formula is C22H22N4O3. The Labute approximate surface area is 168 Å². The molecule has 148 valence electrons. The third-order valence-electron chi connectivity index (χ3n) is 4.28. The number of nitrogens with one attached hydrogen (secondary N) is 3. The second-order valence-electron chi connectivity index (χ2n) is 6.64. The number of hydrogen-bond donors (Lipinski definition) is 3. The van der Waals surface area contributed by atoms with E-state index in [1.807, 2.05) is 43.3 Å². The molecule has 3 aromatic rings. The normalized spacial score (nSPS) is 10.3. The molecule has 7 nitrogen and oxygen atoms in total. The highest BCUT2D eigenvalue weighted by Crippen LogP contribution is 2.11. The van der Waals surface area contributed by atoms with E-state index in [0.717, 1.165) is 5.56 Å². The number of anilines is 3. The van der Waals surface area contributed by atoms with Gasteiger partial charge in [-0.15, -0.1) is 0 Å². The van der Waals surface area contributed by atoms with E-state index in [1.165, 1.54) is 10.6 Å². The predicted octanol–water partition coefficient (Wildman–Crippen LogP) is 3.75. The topological polar surface area (TPSA) is 92.2 Å². The van der Waals surface area contributed by atoms with Crippen molar-refractivity contribution < 1.29 is 9.59 Å². The van der Waals surface area contributed by atoms with Crippen LogP contribution in [0.4, 0.5) is 21.9 Å². The molecule has 0 saturated carbocycles. The fourth-order valence-corrected chi connectivity index (χ4v) is 2.84. The molecule has 3 rings (SSSR count). The first-order chi connectivity index (χ1) is 13.9. The van der Waals surface area contributed by atoms with Gasteiger partial charge in [-0.05, 0) is 55.8 Å². The Morgan fingerprint density at radius 2 is 1.55 bits per heavy atom. The summed E-state index contributed by atoms with van der Waals surface area (Å²) in [5, 5.41) is 7.99. The van der Waals surface area contributed by atoms with Crippen LogP contribution >= 0.6 is 0 Å². The van der Waals surface area contributed by atoms with Crippen LogP contribution in [0, 0.1) is 13.8 Å². The Kier molecular flexibility index (Phi) is 6.09. The average Bonchev–Trinajstić information content (AvgIpc) is 2.68. The van der Waals surface area contributed by atoms with Crippen molar-refractivity contribution in [2.75, 3.05) is 16.0 Å². The lowest BCUT2D eigenvalue weighted by Gasteiger charge is -2.13. The number of aromatic nitrogens is 1. The number of hydrogen-bond acceptors (Lipinski definition) is 3. The number of aryl methyl sites for hydroxylation is 2. The van der Waals surface area contributed by atoms with Crippen LogP contribution in [-0.2, 0) is 11.3 Å². The summed E-state index contributed by atoms with van der Waals surface area (Å²) in [5.41, 5.74) is 2.53. The number of carbonyl (C=O) groups excluding carboxylic acids is 2. The fourth-order valence-electron chi connectivity index (χ4n) is 2.84. The van der Waals surface area contributed by atoms with Gasteiger partial charge >= 0.3 is 6.03 Å². The molecule has 0 aliphatic rings. The Morgan fingerprint density at radius 3 is 2.28 bits per heavy atom. The van der Waals surface area contributed by atoms with Crippen molar-refractivity contribution in [3.8, 4) is 0 Å². The number of pyridine rings is 1. The van der Waals surface area contributed by atoms with Crippen LogP contribution in [0.2, 0.25) is 0 Å². The van der Waals surface area contributed by atoms with Gasteiger partial charge in [0.05, 0.1) is 0 Å². The van der Waals surface area contributed by atoms with Gasteiger partial charge in [-0.25, -0.2) is 4.79 Å². The zero-order valence-electron chi connectivity index (χ0n) is 16.2. The summed E-state index contributed by atoms with van der Waals surface area (Å²) >= 11 is 0. The summed E-state index contributed by atoms with van der Waals surface area (Å²) in [5.74, 6) is -0.331. The van der Waals surface area contributed by atoms with Gasteiger partial charge in [-0.2, -0.15) is 0 Å². The molecule has 0 spiro atoms. The summed E-state index contributed by atoms with van der Waals surface area (Å²) in [7, 11) is 0. The third-order valence-corrected chi connectivity index (χ3v) is 4.28. The van der Waals surface area contributed by atoms with Gasteiger partial charge in [0, 0.05) is 17.1 Å². The number of benzene rings is 2. The molecule has 29 heavy (non-hydrogen) atoms. The molecule has 0 aliphatic heterocycles. The highest BCUT2D eigenvalue weighted by molar-refractivity contribution is 5.99. The van der Waals surface area contributed by atoms with E-state index in [2.05, 4.69) is 16.0 Å². The maximum absolute atomic E-state index is 12.8. The molecule has 0 atom stereocenters.